The second kappa shape index (κ2) is 10.2. The molecule has 0 bridgehead atoms. The molecule has 0 radical (unpaired) electrons. The first-order chi connectivity index (χ1) is 16.1. The van der Waals surface area contributed by atoms with Gasteiger partial charge in [0, 0.05) is 43.6 Å². The van der Waals surface area contributed by atoms with Crippen LogP contribution in [0.1, 0.15) is 32.7 Å². The molecule has 0 aliphatic carbocycles. The summed E-state index contributed by atoms with van der Waals surface area (Å²) in [6.07, 6.45) is 0.900. The number of hydrogen-bond donors (Lipinski definition) is 3. The summed E-state index contributed by atoms with van der Waals surface area (Å²) in [5, 5.41) is 9.07. The van der Waals surface area contributed by atoms with E-state index in [4.69, 9.17) is 9.47 Å². The van der Waals surface area contributed by atoms with Crippen molar-refractivity contribution in [3.05, 3.63) is 77.4 Å². The summed E-state index contributed by atoms with van der Waals surface area (Å²) in [5.74, 6) is 0.257. The van der Waals surface area contributed by atoms with Crippen LogP contribution in [0.2, 0.25) is 0 Å². The summed E-state index contributed by atoms with van der Waals surface area (Å²) in [6.45, 7) is 1.88. The summed E-state index contributed by atoms with van der Waals surface area (Å²) in [4.78, 5) is 25.5. The Morgan fingerprint density at radius 3 is 2.55 bits per heavy atom. The Balaban J connectivity index is 1.55. The fourth-order valence-electron chi connectivity index (χ4n) is 3.95. The molecule has 2 amide bonds. The molecule has 1 aliphatic heterocycles. The van der Waals surface area contributed by atoms with E-state index in [1.54, 1.807) is 32.4 Å². The van der Waals surface area contributed by atoms with Gasteiger partial charge in [0.15, 0.2) is 0 Å². The summed E-state index contributed by atoms with van der Waals surface area (Å²) in [5.41, 5.74) is 5.08. The van der Waals surface area contributed by atoms with Crippen molar-refractivity contribution in [1.82, 2.24) is 5.32 Å². The molecule has 0 fully saturated rings. The van der Waals surface area contributed by atoms with Gasteiger partial charge in [-0.15, -0.1) is 0 Å². The number of carbonyl (C=O) groups is 2. The van der Waals surface area contributed by atoms with Crippen LogP contribution >= 0.6 is 0 Å². The molecule has 4 rings (SSSR count). The average Bonchev–Trinajstić information content (AvgIpc) is 3.24. The summed E-state index contributed by atoms with van der Waals surface area (Å²) in [6, 6.07) is 18.6. The summed E-state index contributed by atoms with van der Waals surface area (Å²) >= 11 is 0. The van der Waals surface area contributed by atoms with Gasteiger partial charge in [-0.25, -0.2) is 0 Å². The van der Waals surface area contributed by atoms with E-state index in [1.165, 1.54) is 0 Å². The van der Waals surface area contributed by atoms with Crippen molar-refractivity contribution in [2.75, 3.05) is 38.0 Å². The first-order valence-corrected chi connectivity index (χ1v) is 10.8. The largest absolute Gasteiger partial charge is 0.496 e. The minimum Gasteiger partial charge on any atom is -0.496 e. The van der Waals surface area contributed by atoms with Crippen LogP contribution in [0.5, 0.6) is 5.75 Å². The van der Waals surface area contributed by atoms with Crippen LogP contribution in [0.4, 0.5) is 11.4 Å². The number of anilines is 2. The highest BCUT2D eigenvalue weighted by Gasteiger charge is 2.27. The SMILES string of the molecule is COCCCNc1ccc(C(=O)Nc2ccc(-c3ccccc3OC)c3c2C(=O)NC3)cc1. The topological polar surface area (TPSA) is 88.7 Å². The number of hydrogen-bond acceptors (Lipinski definition) is 5. The maximum absolute atomic E-state index is 12.9. The van der Waals surface area contributed by atoms with Gasteiger partial charge in [0.2, 0.25) is 0 Å². The van der Waals surface area contributed by atoms with Gasteiger partial charge in [-0.3, -0.25) is 9.59 Å². The van der Waals surface area contributed by atoms with Crippen LogP contribution in [0, 0.1) is 0 Å². The molecular formula is C26H27N3O4. The number of ether oxygens (including phenoxy) is 2. The van der Waals surface area contributed by atoms with Crippen molar-refractivity contribution in [3.8, 4) is 16.9 Å². The average molecular weight is 446 g/mol. The van der Waals surface area contributed by atoms with E-state index in [-0.39, 0.29) is 11.8 Å². The minimum absolute atomic E-state index is 0.201. The maximum atomic E-state index is 12.9. The van der Waals surface area contributed by atoms with Crippen LogP contribution in [0.3, 0.4) is 0 Å². The minimum atomic E-state index is -0.270. The molecule has 33 heavy (non-hydrogen) atoms. The van der Waals surface area contributed by atoms with E-state index in [0.717, 1.165) is 41.1 Å². The zero-order valence-electron chi connectivity index (χ0n) is 18.7. The van der Waals surface area contributed by atoms with E-state index < -0.39 is 0 Å². The van der Waals surface area contributed by atoms with Gasteiger partial charge in [-0.2, -0.15) is 0 Å². The molecule has 1 heterocycles. The molecule has 1 aliphatic rings. The second-order valence-corrected chi connectivity index (χ2v) is 7.70. The van der Waals surface area contributed by atoms with Crippen LogP contribution in [0.25, 0.3) is 11.1 Å². The third kappa shape index (κ3) is 4.83. The van der Waals surface area contributed by atoms with Gasteiger partial charge < -0.3 is 25.4 Å². The van der Waals surface area contributed by atoms with E-state index in [0.29, 0.717) is 30.0 Å². The van der Waals surface area contributed by atoms with E-state index in [2.05, 4.69) is 16.0 Å². The Morgan fingerprint density at radius 1 is 1.00 bits per heavy atom. The quantitative estimate of drug-likeness (QED) is 0.427. The number of para-hydroxylation sites is 1. The van der Waals surface area contributed by atoms with Gasteiger partial charge >= 0.3 is 0 Å². The lowest BCUT2D eigenvalue weighted by Crippen LogP contribution is -2.17. The third-order valence-electron chi connectivity index (χ3n) is 5.61. The molecule has 3 N–H and O–H groups in total. The summed E-state index contributed by atoms with van der Waals surface area (Å²) in [7, 11) is 3.30. The van der Waals surface area contributed by atoms with Gasteiger partial charge in [-0.1, -0.05) is 24.3 Å². The van der Waals surface area contributed by atoms with Crippen molar-refractivity contribution >= 4 is 23.2 Å². The van der Waals surface area contributed by atoms with Crippen molar-refractivity contribution in [2.24, 2.45) is 0 Å². The highest BCUT2D eigenvalue weighted by atomic mass is 16.5. The lowest BCUT2D eigenvalue weighted by Gasteiger charge is -2.15. The van der Waals surface area contributed by atoms with Crippen LogP contribution < -0.4 is 20.7 Å². The Kier molecular flexibility index (Phi) is 6.90. The van der Waals surface area contributed by atoms with Crippen LogP contribution in [-0.4, -0.2) is 39.2 Å². The van der Waals surface area contributed by atoms with Gasteiger partial charge in [0.1, 0.15) is 5.75 Å². The normalized spacial score (nSPS) is 12.1. The predicted molar refractivity (Wildman–Crippen MR) is 129 cm³/mol. The number of nitrogens with one attached hydrogen (secondary N) is 3. The monoisotopic (exact) mass is 445 g/mol. The summed E-state index contributed by atoms with van der Waals surface area (Å²) < 4.78 is 10.5. The second-order valence-electron chi connectivity index (χ2n) is 7.70. The molecule has 0 saturated heterocycles. The number of amides is 2. The number of benzene rings is 3. The Labute approximate surface area is 193 Å². The van der Waals surface area contributed by atoms with Crippen molar-refractivity contribution in [1.29, 1.82) is 0 Å². The Bertz CT molecular complexity index is 1160. The molecule has 0 unspecified atom stereocenters. The molecule has 0 atom stereocenters. The van der Waals surface area contributed by atoms with Crippen molar-refractivity contribution in [2.45, 2.75) is 13.0 Å². The standard InChI is InChI=1S/C26H27N3O4/c1-32-15-5-14-27-18-10-8-17(9-11-18)25(30)29-22-13-12-19(21-16-28-26(31)24(21)22)20-6-3-4-7-23(20)33-2/h3-4,6-13,27H,5,14-16H2,1-2H3,(H,28,31)(H,29,30). The van der Waals surface area contributed by atoms with E-state index in [1.807, 2.05) is 42.5 Å². The smallest absolute Gasteiger partial charge is 0.255 e. The van der Waals surface area contributed by atoms with Crippen LogP contribution in [-0.2, 0) is 11.3 Å². The molecule has 0 saturated carbocycles. The predicted octanol–water partition coefficient (Wildman–Crippen LogP) is 4.31. The first kappa shape index (κ1) is 22.4. The number of fused-ring (bicyclic) bond motifs is 1. The number of methoxy groups -OCH3 is 2. The van der Waals surface area contributed by atoms with Gasteiger partial charge in [0.05, 0.1) is 18.4 Å². The highest BCUT2D eigenvalue weighted by Crippen LogP contribution is 2.38. The van der Waals surface area contributed by atoms with E-state index in [9.17, 15) is 9.59 Å². The molecule has 170 valence electrons. The lowest BCUT2D eigenvalue weighted by molar-refractivity contribution is 0.0966. The zero-order chi connectivity index (χ0) is 23.2. The molecule has 0 aromatic heterocycles. The fraction of sp³-hybridized carbons (Fsp3) is 0.231. The zero-order valence-corrected chi connectivity index (χ0v) is 18.7. The molecular weight excluding hydrogens is 418 g/mol. The molecule has 0 spiro atoms. The maximum Gasteiger partial charge on any atom is 0.255 e. The van der Waals surface area contributed by atoms with Crippen molar-refractivity contribution < 1.29 is 19.1 Å². The molecule has 7 heteroatoms. The Hall–Kier alpha value is -3.84. The highest BCUT2D eigenvalue weighted by molar-refractivity contribution is 6.11. The number of carbonyl (C=O) groups excluding carboxylic acids is 2. The van der Waals surface area contributed by atoms with Gasteiger partial charge in [-0.05, 0) is 53.9 Å². The van der Waals surface area contributed by atoms with Gasteiger partial charge in [0.25, 0.3) is 11.8 Å². The molecule has 3 aromatic rings. The van der Waals surface area contributed by atoms with Crippen LogP contribution in [0.15, 0.2) is 60.7 Å². The first-order valence-electron chi connectivity index (χ1n) is 10.8. The third-order valence-corrected chi connectivity index (χ3v) is 5.61. The molecule has 7 nitrogen and oxygen atoms in total. The lowest BCUT2D eigenvalue weighted by atomic mass is 9.95. The fourth-order valence-corrected chi connectivity index (χ4v) is 3.95. The van der Waals surface area contributed by atoms with Crippen molar-refractivity contribution in [3.63, 3.8) is 0 Å². The number of rotatable bonds is 9. The van der Waals surface area contributed by atoms with E-state index >= 15 is 0 Å². The molecule has 3 aromatic carbocycles. The Morgan fingerprint density at radius 2 is 1.79 bits per heavy atom.